The van der Waals surface area contributed by atoms with Crippen molar-refractivity contribution in [3.05, 3.63) is 63.5 Å². The van der Waals surface area contributed by atoms with E-state index < -0.39 is 0 Å². The van der Waals surface area contributed by atoms with Crippen molar-refractivity contribution in [2.24, 2.45) is 0 Å². The lowest BCUT2D eigenvalue weighted by Crippen LogP contribution is -2.33. The third-order valence-corrected chi connectivity index (χ3v) is 6.37. The van der Waals surface area contributed by atoms with Gasteiger partial charge < -0.3 is 15.0 Å². The van der Waals surface area contributed by atoms with Crippen LogP contribution in [0.5, 0.6) is 5.75 Å². The lowest BCUT2D eigenvalue weighted by Gasteiger charge is -2.11. The van der Waals surface area contributed by atoms with Crippen LogP contribution in [-0.4, -0.2) is 34.3 Å². The normalized spacial score (nSPS) is 15.2. The molecule has 0 saturated carbocycles. The van der Waals surface area contributed by atoms with Crippen LogP contribution in [0.4, 0.5) is 0 Å². The Labute approximate surface area is 182 Å². The molecule has 0 radical (unpaired) electrons. The third-order valence-electron chi connectivity index (χ3n) is 4.86. The number of thiophene rings is 1. The van der Waals surface area contributed by atoms with Crippen LogP contribution in [0.1, 0.15) is 33.5 Å². The molecule has 1 atom stereocenters. The van der Waals surface area contributed by atoms with Gasteiger partial charge in [-0.25, -0.2) is 4.98 Å². The molecule has 2 N–H and O–H groups in total. The minimum Gasteiger partial charge on any atom is -0.486 e. The van der Waals surface area contributed by atoms with Crippen LogP contribution in [0.2, 0.25) is 5.02 Å². The minimum atomic E-state index is -0.209. The van der Waals surface area contributed by atoms with Crippen molar-refractivity contribution in [1.82, 2.24) is 15.3 Å². The number of hydrogen-bond donors (Lipinski definition) is 2. The van der Waals surface area contributed by atoms with Crippen molar-refractivity contribution in [3.63, 3.8) is 0 Å². The summed E-state index contributed by atoms with van der Waals surface area (Å²) in [6.45, 7) is 3.82. The molecule has 1 aromatic carbocycles. The molecule has 8 heteroatoms. The second-order valence-corrected chi connectivity index (χ2v) is 8.59. The van der Waals surface area contributed by atoms with Gasteiger partial charge in [0.25, 0.3) is 0 Å². The number of carbonyl (C=O) groups excluding carboxylic acids is 2. The summed E-state index contributed by atoms with van der Waals surface area (Å²) < 4.78 is 5.95. The van der Waals surface area contributed by atoms with Crippen molar-refractivity contribution in [3.8, 4) is 16.2 Å². The molecule has 1 aliphatic rings. The number of aryl methyl sites for hydroxylation is 1. The zero-order valence-corrected chi connectivity index (χ0v) is 18.1. The standard InChI is InChI=1S/C22H20ClN3O3S/c1-12-18(26-11-25-12)3-6-21(28)24-10-16-8-15-7-14(9-17(23)22(15)29-16)20-5-4-19(30-20)13(2)27/h3-7,9,11,16H,8,10H2,1-2H3,(H,24,28)(H,25,26). The van der Waals surface area contributed by atoms with Gasteiger partial charge in [0, 0.05) is 28.6 Å². The van der Waals surface area contributed by atoms with Crippen molar-refractivity contribution < 1.29 is 14.3 Å². The Hall–Kier alpha value is -2.90. The smallest absolute Gasteiger partial charge is 0.244 e. The van der Waals surface area contributed by atoms with Crippen molar-refractivity contribution in [2.45, 2.75) is 26.4 Å². The molecule has 0 bridgehead atoms. The number of H-pyrrole nitrogens is 1. The van der Waals surface area contributed by atoms with Crippen molar-refractivity contribution in [1.29, 1.82) is 0 Å². The first-order valence-corrected chi connectivity index (χ1v) is 10.7. The summed E-state index contributed by atoms with van der Waals surface area (Å²) >= 11 is 7.90. The van der Waals surface area contributed by atoms with Gasteiger partial charge in [-0.2, -0.15) is 0 Å². The number of imidazole rings is 1. The molecule has 0 aliphatic carbocycles. The van der Waals surface area contributed by atoms with Crippen LogP contribution in [0.25, 0.3) is 16.5 Å². The first kappa shape index (κ1) is 20.4. The molecule has 154 valence electrons. The predicted molar refractivity (Wildman–Crippen MR) is 118 cm³/mol. The van der Waals surface area contributed by atoms with Gasteiger partial charge in [0.15, 0.2) is 5.78 Å². The van der Waals surface area contributed by atoms with Crippen LogP contribution in [0, 0.1) is 6.92 Å². The van der Waals surface area contributed by atoms with E-state index in [1.54, 1.807) is 19.3 Å². The van der Waals surface area contributed by atoms with E-state index in [1.165, 1.54) is 17.4 Å². The monoisotopic (exact) mass is 441 g/mol. The summed E-state index contributed by atoms with van der Waals surface area (Å²) in [6, 6.07) is 7.65. The number of nitrogens with one attached hydrogen (secondary N) is 2. The number of aromatic amines is 1. The maximum Gasteiger partial charge on any atom is 0.244 e. The van der Waals surface area contributed by atoms with E-state index in [0.717, 1.165) is 32.3 Å². The Bertz CT molecular complexity index is 1150. The zero-order chi connectivity index (χ0) is 21.3. The number of nitrogens with zero attached hydrogens (tertiary/aromatic N) is 1. The molecule has 0 saturated heterocycles. The number of aromatic nitrogens is 2. The molecule has 30 heavy (non-hydrogen) atoms. The number of fused-ring (bicyclic) bond motifs is 1. The summed E-state index contributed by atoms with van der Waals surface area (Å²) in [5.41, 5.74) is 3.59. The highest BCUT2D eigenvalue weighted by atomic mass is 35.5. The number of amides is 1. The predicted octanol–water partition coefficient (Wildman–Crippen LogP) is 4.44. The van der Waals surface area contributed by atoms with Crippen molar-refractivity contribution in [2.75, 3.05) is 6.54 Å². The molecule has 1 amide bonds. The molecule has 1 unspecified atom stereocenters. The average Bonchev–Trinajstić information content (AvgIpc) is 3.44. The first-order valence-electron chi connectivity index (χ1n) is 9.47. The number of benzene rings is 1. The Morgan fingerprint density at radius 1 is 1.40 bits per heavy atom. The van der Waals surface area contributed by atoms with Crippen LogP contribution < -0.4 is 10.1 Å². The first-order chi connectivity index (χ1) is 14.4. The van der Waals surface area contributed by atoms with E-state index in [9.17, 15) is 9.59 Å². The SMILES string of the molecule is CC(=O)c1ccc(-c2cc(Cl)c3c(c2)CC(CNC(=O)C=Cc2nc[nH]c2C)O3)s1. The highest BCUT2D eigenvalue weighted by Gasteiger charge is 2.26. The van der Waals surface area contributed by atoms with Gasteiger partial charge in [-0.3, -0.25) is 9.59 Å². The number of ether oxygens (including phenoxy) is 1. The van der Waals surface area contributed by atoms with E-state index in [0.29, 0.717) is 23.7 Å². The quantitative estimate of drug-likeness (QED) is 0.437. The minimum absolute atomic E-state index is 0.0501. The van der Waals surface area contributed by atoms with Crippen LogP contribution in [0.15, 0.2) is 36.7 Å². The second kappa shape index (κ2) is 8.45. The number of hydrogen-bond acceptors (Lipinski definition) is 5. The number of rotatable bonds is 6. The fourth-order valence-electron chi connectivity index (χ4n) is 3.29. The fraction of sp³-hybridized carbons (Fsp3) is 0.227. The van der Waals surface area contributed by atoms with Gasteiger partial charge in [0.05, 0.1) is 28.5 Å². The summed E-state index contributed by atoms with van der Waals surface area (Å²) in [4.78, 5) is 32.5. The summed E-state index contributed by atoms with van der Waals surface area (Å²) in [6.07, 6.45) is 5.18. The van der Waals surface area contributed by atoms with E-state index in [1.807, 2.05) is 31.2 Å². The lowest BCUT2D eigenvalue weighted by molar-refractivity contribution is -0.116. The molecule has 4 rings (SSSR count). The van der Waals surface area contributed by atoms with Gasteiger partial charge in [0.2, 0.25) is 5.91 Å². The zero-order valence-electron chi connectivity index (χ0n) is 16.5. The molecule has 0 fully saturated rings. The van der Waals surface area contributed by atoms with E-state index in [-0.39, 0.29) is 17.8 Å². The van der Waals surface area contributed by atoms with E-state index in [2.05, 4.69) is 15.3 Å². The highest BCUT2D eigenvalue weighted by molar-refractivity contribution is 7.17. The number of Topliss-reactive ketones (excluding diaryl/α,β-unsaturated/α-hetero) is 1. The van der Waals surface area contributed by atoms with Gasteiger partial charge in [-0.1, -0.05) is 11.6 Å². The summed E-state index contributed by atoms with van der Waals surface area (Å²) in [5, 5.41) is 3.39. The number of carbonyl (C=O) groups is 2. The largest absolute Gasteiger partial charge is 0.486 e. The Kier molecular flexibility index (Phi) is 5.74. The van der Waals surface area contributed by atoms with Crippen molar-refractivity contribution >= 4 is 40.7 Å². The maximum atomic E-state index is 12.1. The van der Waals surface area contributed by atoms with E-state index >= 15 is 0 Å². The van der Waals surface area contributed by atoms with Gasteiger partial charge >= 0.3 is 0 Å². The number of halogens is 1. The average molecular weight is 442 g/mol. The summed E-state index contributed by atoms with van der Waals surface area (Å²) in [5.74, 6) is 0.499. The Balaban J connectivity index is 1.40. The molecule has 1 aliphatic heterocycles. The van der Waals surface area contributed by atoms with Gasteiger partial charge in [-0.05, 0) is 49.8 Å². The molecular formula is C22H20ClN3O3S. The van der Waals surface area contributed by atoms with E-state index in [4.69, 9.17) is 16.3 Å². The molecule has 2 aromatic heterocycles. The van der Waals surface area contributed by atoms with Crippen LogP contribution >= 0.6 is 22.9 Å². The molecule has 0 spiro atoms. The second-order valence-electron chi connectivity index (χ2n) is 7.10. The molecular weight excluding hydrogens is 422 g/mol. The van der Waals surface area contributed by atoms with Crippen LogP contribution in [0.3, 0.4) is 0 Å². The Morgan fingerprint density at radius 3 is 2.93 bits per heavy atom. The maximum absolute atomic E-state index is 12.1. The Morgan fingerprint density at radius 2 is 2.23 bits per heavy atom. The molecule has 3 aromatic rings. The fourth-order valence-corrected chi connectivity index (χ4v) is 4.46. The lowest BCUT2D eigenvalue weighted by atomic mass is 10.1. The molecule has 6 nitrogen and oxygen atoms in total. The van der Waals surface area contributed by atoms with Gasteiger partial charge in [0.1, 0.15) is 11.9 Å². The highest BCUT2D eigenvalue weighted by Crippen LogP contribution is 2.41. The molecule has 3 heterocycles. The van der Waals surface area contributed by atoms with Crippen LogP contribution in [-0.2, 0) is 11.2 Å². The summed E-state index contributed by atoms with van der Waals surface area (Å²) in [7, 11) is 0. The number of ketones is 1. The third kappa shape index (κ3) is 4.32. The van der Waals surface area contributed by atoms with Gasteiger partial charge in [-0.15, -0.1) is 11.3 Å². The topological polar surface area (TPSA) is 84.1 Å².